The molecule has 0 aliphatic carbocycles. The second-order valence-electron chi connectivity index (χ2n) is 3.86. The summed E-state index contributed by atoms with van der Waals surface area (Å²) in [4.78, 5) is 8.57. The van der Waals surface area contributed by atoms with Gasteiger partial charge in [0.05, 0.1) is 10.2 Å². The van der Waals surface area contributed by atoms with Crippen LogP contribution < -0.4 is 0 Å². The molecule has 0 unspecified atom stereocenters. The third kappa shape index (κ3) is 2.04. The van der Waals surface area contributed by atoms with Gasteiger partial charge in [-0.2, -0.15) is 0 Å². The fourth-order valence-electron chi connectivity index (χ4n) is 1.69. The van der Waals surface area contributed by atoms with E-state index < -0.39 is 0 Å². The molecule has 0 aliphatic heterocycles. The van der Waals surface area contributed by atoms with Crippen LogP contribution in [0.1, 0.15) is 5.56 Å². The molecule has 84 valence electrons. The summed E-state index contributed by atoms with van der Waals surface area (Å²) in [5.74, 6) is 0. The zero-order valence-electron chi connectivity index (χ0n) is 9.14. The van der Waals surface area contributed by atoms with Crippen molar-refractivity contribution < 1.29 is 0 Å². The molecule has 2 aromatic heterocycles. The molecule has 0 N–H and O–H groups in total. The van der Waals surface area contributed by atoms with Gasteiger partial charge in [0.15, 0.2) is 0 Å². The molecule has 0 aliphatic rings. The summed E-state index contributed by atoms with van der Waals surface area (Å²) < 4.78 is 1.20. The first-order chi connectivity index (χ1) is 8.22. The van der Waals surface area contributed by atoms with Crippen molar-refractivity contribution in [2.45, 2.75) is 6.92 Å². The van der Waals surface area contributed by atoms with Gasteiger partial charge >= 0.3 is 0 Å². The van der Waals surface area contributed by atoms with Gasteiger partial charge in [0.25, 0.3) is 0 Å². The molecule has 0 amide bonds. The first-order valence-electron chi connectivity index (χ1n) is 5.21. The Morgan fingerprint density at radius 2 is 2.06 bits per heavy atom. The van der Waals surface area contributed by atoms with Crippen LogP contribution in [0, 0.1) is 6.92 Å². The summed E-state index contributed by atoms with van der Waals surface area (Å²) in [6, 6.07) is 10.0. The van der Waals surface area contributed by atoms with Gasteiger partial charge in [-0.3, -0.25) is 0 Å². The number of pyridine rings is 1. The lowest BCUT2D eigenvalue weighted by Gasteiger charge is -1.94. The van der Waals surface area contributed by atoms with Crippen LogP contribution in [0.2, 0.25) is 5.15 Å². The van der Waals surface area contributed by atoms with Gasteiger partial charge in [-0.15, -0.1) is 11.3 Å². The van der Waals surface area contributed by atoms with E-state index in [9.17, 15) is 0 Å². The number of hydrogen-bond donors (Lipinski definition) is 0. The van der Waals surface area contributed by atoms with Crippen molar-refractivity contribution in [3.05, 3.63) is 47.2 Å². The Morgan fingerprint density at radius 1 is 1.18 bits per heavy atom. The lowest BCUT2D eigenvalue weighted by molar-refractivity contribution is 1.32. The summed E-state index contributed by atoms with van der Waals surface area (Å²) in [6.07, 6.45) is 1.70. The number of fused-ring (bicyclic) bond motifs is 1. The third-order valence-electron chi connectivity index (χ3n) is 2.52. The molecule has 17 heavy (non-hydrogen) atoms. The Morgan fingerprint density at radius 3 is 2.88 bits per heavy atom. The number of thiazole rings is 1. The molecule has 1 aromatic carbocycles. The minimum absolute atomic E-state index is 0.498. The Hall–Kier alpha value is -1.45. The quantitative estimate of drug-likeness (QED) is 0.609. The Bertz CT molecular complexity index is 691. The summed E-state index contributed by atoms with van der Waals surface area (Å²) in [6.45, 7) is 2.09. The first-order valence-corrected chi connectivity index (χ1v) is 6.41. The highest BCUT2D eigenvalue weighted by Crippen LogP contribution is 2.31. The predicted octanol–water partition coefficient (Wildman–Crippen LogP) is 4.32. The number of hydrogen-bond acceptors (Lipinski definition) is 3. The van der Waals surface area contributed by atoms with E-state index in [1.54, 1.807) is 17.5 Å². The molecule has 0 spiro atoms. The third-order valence-corrected chi connectivity index (χ3v) is 3.79. The normalized spacial score (nSPS) is 10.9. The van der Waals surface area contributed by atoms with Crippen LogP contribution in [-0.2, 0) is 0 Å². The van der Waals surface area contributed by atoms with Crippen LogP contribution in [-0.4, -0.2) is 9.97 Å². The van der Waals surface area contributed by atoms with Gasteiger partial charge in [-0.1, -0.05) is 17.7 Å². The Kier molecular flexibility index (Phi) is 2.57. The van der Waals surface area contributed by atoms with Crippen LogP contribution in [0.4, 0.5) is 0 Å². The highest BCUT2D eigenvalue weighted by molar-refractivity contribution is 7.21. The highest BCUT2D eigenvalue weighted by Gasteiger charge is 2.06. The van der Waals surface area contributed by atoms with Crippen LogP contribution in [0.25, 0.3) is 20.8 Å². The van der Waals surface area contributed by atoms with Crippen LogP contribution >= 0.6 is 22.9 Å². The van der Waals surface area contributed by atoms with E-state index >= 15 is 0 Å². The molecule has 0 bridgehead atoms. The molecule has 0 radical (unpaired) electrons. The highest BCUT2D eigenvalue weighted by atomic mass is 35.5. The Labute approximate surface area is 108 Å². The van der Waals surface area contributed by atoms with E-state index in [-0.39, 0.29) is 0 Å². The monoisotopic (exact) mass is 260 g/mol. The minimum Gasteiger partial charge on any atom is -0.245 e. The number of rotatable bonds is 1. The van der Waals surface area contributed by atoms with Gasteiger partial charge in [-0.25, -0.2) is 9.97 Å². The van der Waals surface area contributed by atoms with Gasteiger partial charge in [-0.05, 0) is 36.8 Å². The van der Waals surface area contributed by atoms with Crippen molar-refractivity contribution in [2.24, 2.45) is 0 Å². The smallest absolute Gasteiger partial charge is 0.129 e. The minimum atomic E-state index is 0.498. The van der Waals surface area contributed by atoms with Crippen LogP contribution in [0.5, 0.6) is 0 Å². The van der Waals surface area contributed by atoms with Gasteiger partial charge in [0, 0.05) is 11.8 Å². The number of aromatic nitrogens is 2. The standard InChI is InChI=1S/C13H9ClN2S/c1-8-2-3-10-11(6-8)17-13(16-10)9-4-5-15-12(14)7-9/h2-7H,1H3. The second-order valence-corrected chi connectivity index (χ2v) is 5.28. The van der Waals surface area contributed by atoms with E-state index in [1.165, 1.54) is 10.3 Å². The lowest BCUT2D eigenvalue weighted by atomic mass is 10.2. The summed E-state index contributed by atoms with van der Waals surface area (Å²) in [7, 11) is 0. The van der Waals surface area contributed by atoms with E-state index in [0.717, 1.165) is 16.1 Å². The number of aryl methyl sites for hydroxylation is 1. The van der Waals surface area contributed by atoms with Crippen molar-refractivity contribution in [1.29, 1.82) is 0 Å². The SMILES string of the molecule is Cc1ccc2nc(-c3ccnc(Cl)c3)sc2c1. The molecule has 3 aromatic rings. The first kappa shape index (κ1) is 10.7. The van der Waals surface area contributed by atoms with Gasteiger partial charge in [0.1, 0.15) is 10.2 Å². The van der Waals surface area contributed by atoms with E-state index in [2.05, 4.69) is 29.0 Å². The molecule has 2 nitrogen and oxygen atoms in total. The molecule has 4 heteroatoms. The van der Waals surface area contributed by atoms with Crippen molar-refractivity contribution in [1.82, 2.24) is 9.97 Å². The lowest BCUT2D eigenvalue weighted by Crippen LogP contribution is -1.78. The molecule has 3 rings (SSSR count). The predicted molar refractivity (Wildman–Crippen MR) is 72.6 cm³/mol. The van der Waals surface area contributed by atoms with E-state index in [4.69, 9.17) is 11.6 Å². The van der Waals surface area contributed by atoms with Crippen molar-refractivity contribution >= 4 is 33.2 Å². The fourth-order valence-corrected chi connectivity index (χ4v) is 2.92. The maximum Gasteiger partial charge on any atom is 0.129 e. The van der Waals surface area contributed by atoms with Crippen molar-refractivity contribution in [2.75, 3.05) is 0 Å². The summed E-state index contributed by atoms with van der Waals surface area (Å²) in [5.41, 5.74) is 3.30. The topological polar surface area (TPSA) is 25.8 Å². The maximum atomic E-state index is 5.88. The van der Waals surface area contributed by atoms with Crippen LogP contribution in [0.15, 0.2) is 36.5 Å². The average molecular weight is 261 g/mol. The van der Waals surface area contributed by atoms with Crippen molar-refractivity contribution in [3.63, 3.8) is 0 Å². The van der Waals surface area contributed by atoms with Gasteiger partial charge in [0.2, 0.25) is 0 Å². The zero-order valence-corrected chi connectivity index (χ0v) is 10.7. The average Bonchev–Trinajstić information content (AvgIpc) is 2.72. The van der Waals surface area contributed by atoms with Crippen molar-refractivity contribution in [3.8, 4) is 10.6 Å². The molecule has 2 heterocycles. The number of benzene rings is 1. The molecule has 0 saturated heterocycles. The maximum absolute atomic E-state index is 5.88. The van der Waals surface area contributed by atoms with Crippen LogP contribution in [0.3, 0.4) is 0 Å². The largest absolute Gasteiger partial charge is 0.245 e. The Balaban J connectivity index is 2.18. The van der Waals surface area contributed by atoms with E-state index in [1.807, 2.05) is 18.2 Å². The summed E-state index contributed by atoms with van der Waals surface area (Å²) >= 11 is 7.56. The van der Waals surface area contributed by atoms with Gasteiger partial charge < -0.3 is 0 Å². The number of nitrogens with zero attached hydrogens (tertiary/aromatic N) is 2. The molecule has 0 atom stereocenters. The van der Waals surface area contributed by atoms with E-state index in [0.29, 0.717) is 5.15 Å². The molecular formula is C13H9ClN2S. The summed E-state index contributed by atoms with van der Waals surface area (Å²) in [5, 5.41) is 1.48. The zero-order chi connectivity index (χ0) is 11.8. The number of halogens is 1. The molecule has 0 saturated carbocycles. The molecular weight excluding hydrogens is 252 g/mol. The fraction of sp³-hybridized carbons (Fsp3) is 0.0769. The second kappa shape index (κ2) is 4.09. The molecule has 0 fully saturated rings.